The van der Waals surface area contributed by atoms with Crippen LogP contribution < -0.4 is 5.32 Å². The summed E-state index contributed by atoms with van der Waals surface area (Å²) in [6.45, 7) is 6.12. The highest BCUT2D eigenvalue weighted by molar-refractivity contribution is 4.87. The van der Waals surface area contributed by atoms with Gasteiger partial charge in [-0.3, -0.25) is 0 Å². The molecule has 2 N–H and O–H groups in total. The third-order valence-corrected chi connectivity index (χ3v) is 5.60. The summed E-state index contributed by atoms with van der Waals surface area (Å²) >= 11 is 0. The van der Waals surface area contributed by atoms with Gasteiger partial charge >= 0.3 is 0 Å². The number of rotatable bonds is 6. The minimum atomic E-state index is 0.198. The maximum atomic E-state index is 9.80. The Morgan fingerprint density at radius 1 is 1.10 bits per heavy atom. The van der Waals surface area contributed by atoms with Crippen molar-refractivity contribution >= 4 is 0 Å². The summed E-state index contributed by atoms with van der Waals surface area (Å²) in [4.78, 5) is 0. The van der Waals surface area contributed by atoms with Crippen molar-refractivity contribution in [3.05, 3.63) is 0 Å². The van der Waals surface area contributed by atoms with Crippen LogP contribution in [0.1, 0.15) is 78.1 Å². The molecule has 0 aliphatic heterocycles. The molecule has 0 heterocycles. The second-order valence-corrected chi connectivity index (χ2v) is 7.96. The van der Waals surface area contributed by atoms with Crippen LogP contribution in [0.15, 0.2) is 0 Å². The molecule has 2 aliphatic carbocycles. The number of hydrogen-bond acceptors (Lipinski definition) is 2. The molecule has 20 heavy (non-hydrogen) atoms. The van der Waals surface area contributed by atoms with E-state index in [0.717, 1.165) is 18.4 Å². The molecule has 0 amide bonds. The summed E-state index contributed by atoms with van der Waals surface area (Å²) < 4.78 is 0. The molecule has 2 unspecified atom stereocenters. The summed E-state index contributed by atoms with van der Waals surface area (Å²) in [5, 5.41) is 13.6. The summed E-state index contributed by atoms with van der Waals surface area (Å²) in [6.07, 6.45) is 13.3. The minimum Gasteiger partial charge on any atom is -0.396 e. The molecule has 0 bridgehead atoms. The Kier molecular flexibility index (Phi) is 6.35. The highest BCUT2D eigenvalue weighted by Crippen LogP contribution is 2.36. The van der Waals surface area contributed by atoms with Gasteiger partial charge in [-0.15, -0.1) is 0 Å². The molecule has 2 fully saturated rings. The first-order chi connectivity index (χ1) is 9.63. The van der Waals surface area contributed by atoms with E-state index in [0.29, 0.717) is 12.6 Å². The van der Waals surface area contributed by atoms with Crippen LogP contribution in [0.25, 0.3) is 0 Å². The van der Waals surface area contributed by atoms with E-state index in [4.69, 9.17) is 0 Å². The van der Waals surface area contributed by atoms with Gasteiger partial charge in [0.1, 0.15) is 0 Å². The Morgan fingerprint density at radius 2 is 1.85 bits per heavy atom. The molecule has 2 aliphatic rings. The molecular weight excluding hydrogens is 246 g/mol. The molecule has 2 saturated carbocycles. The van der Waals surface area contributed by atoms with Crippen LogP contribution in [0, 0.1) is 17.3 Å². The van der Waals surface area contributed by atoms with Crippen molar-refractivity contribution in [2.75, 3.05) is 13.2 Å². The zero-order valence-corrected chi connectivity index (χ0v) is 13.7. The van der Waals surface area contributed by atoms with Crippen LogP contribution in [0.2, 0.25) is 0 Å². The van der Waals surface area contributed by atoms with Gasteiger partial charge in [-0.05, 0) is 43.9 Å². The number of hydrogen-bond donors (Lipinski definition) is 2. The van der Waals surface area contributed by atoms with Gasteiger partial charge in [-0.25, -0.2) is 0 Å². The Balaban J connectivity index is 1.77. The monoisotopic (exact) mass is 281 g/mol. The van der Waals surface area contributed by atoms with Crippen molar-refractivity contribution < 1.29 is 5.11 Å². The van der Waals surface area contributed by atoms with Crippen molar-refractivity contribution in [2.45, 2.75) is 84.1 Å². The van der Waals surface area contributed by atoms with Gasteiger partial charge in [-0.1, -0.05) is 46.0 Å². The van der Waals surface area contributed by atoms with Crippen LogP contribution >= 0.6 is 0 Å². The molecule has 2 nitrogen and oxygen atoms in total. The summed E-state index contributed by atoms with van der Waals surface area (Å²) in [5.74, 6) is 1.76. The second kappa shape index (κ2) is 7.79. The Labute approximate surface area is 125 Å². The highest BCUT2D eigenvalue weighted by Gasteiger charge is 2.32. The molecule has 118 valence electrons. The van der Waals surface area contributed by atoms with E-state index in [1.54, 1.807) is 0 Å². The number of nitrogens with one attached hydrogen (secondary N) is 1. The normalized spacial score (nSPS) is 30.6. The summed E-state index contributed by atoms with van der Waals surface area (Å²) in [5.41, 5.74) is 0.198. The number of aliphatic hydroxyl groups is 1. The SMILES string of the molecule is CC(C)CC1CCCC(NCC2(CO)CCCCC2)C1. The van der Waals surface area contributed by atoms with E-state index < -0.39 is 0 Å². The Hall–Kier alpha value is -0.0800. The fourth-order valence-electron chi connectivity index (χ4n) is 4.41. The third-order valence-electron chi connectivity index (χ3n) is 5.60. The van der Waals surface area contributed by atoms with Crippen molar-refractivity contribution in [1.29, 1.82) is 0 Å². The van der Waals surface area contributed by atoms with E-state index in [1.807, 2.05) is 0 Å². The van der Waals surface area contributed by atoms with E-state index >= 15 is 0 Å². The second-order valence-electron chi connectivity index (χ2n) is 7.96. The average molecular weight is 281 g/mol. The highest BCUT2D eigenvalue weighted by atomic mass is 16.3. The molecule has 0 aromatic heterocycles. The maximum absolute atomic E-state index is 9.80. The predicted octanol–water partition coefficient (Wildman–Crippen LogP) is 4.12. The first-order valence-corrected chi connectivity index (χ1v) is 8.98. The lowest BCUT2D eigenvalue weighted by Gasteiger charge is -2.39. The van der Waals surface area contributed by atoms with E-state index in [9.17, 15) is 5.11 Å². The van der Waals surface area contributed by atoms with Crippen molar-refractivity contribution in [3.8, 4) is 0 Å². The lowest BCUT2D eigenvalue weighted by Crippen LogP contribution is -2.44. The minimum absolute atomic E-state index is 0.198. The van der Waals surface area contributed by atoms with Gasteiger partial charge in [0.05, 0.1) is 0 Å². The first-order valence-electron chi connectivity index (χ1n) is 8.98. The molecule has 0 spiro atoms. The average Bonchev–Trinajstić information content (AvgIpc) is 2.46. The lowest BCUT2D eigenvalue weighted by molar-refractivity contribution is 0.0748. The van der Waals surface area contributed by atoms with Gasteiger partial charge in [0.25, 0.3) is 0 Å². The zero-order valence-electron chi connectivity index (χ0n) is 13.7. The molecule has 2 heteroatoms. The van der Waals surface area contributed by atoms with Crippen molar-refractivity contribution in [3.63, 3.8) is 0 Å². The van der Waals surface area contributed by atoms with Crippen LogP contribution in [0.5, 0.6) is 0 Å². The molecule has 0 aromatic carbocycles. The fraction of sp³-hybridized carbons (Fsp3) is 1.00. The molecule has 2 atom stereocenters. The standard InChI is InChI=1S/C18H35NO/c1-15(2)11-16-7-6-8-17(12-16)19-13-18(14-20)9-4-3-5-10-18/h15-17,19-20H,3-14H2,1-2H3. The van der Waals surface area contributed by atoms with Crippen LogP contribution in [-0.2, 0) is 0 Å². The van der Waals surface area contributed by atoms with Crippen molar-refractivity contribution in [1.82, 2.24) is 5.32 Å². The third kappa shape index (κ3) is 4.73. The molecule has 0 radical (unpaired) electrons. The predicted molar refractivity (Wildman–Crippen MR) is 85.8 cm³/mol. The smallest absolute Gasteiger partial charge is 0.0499 e. The number of aliphatic hydroxyl groups excluding tert-OH is 1. The van der Waals surface area contributed by atoms with Gasteiger partial charge in [0.15, 0.2) is 0 Å². The van der Waals surface area contributed by atoms with Gasteiger partial charge in [0.2, 0.25) is 0 Å². The molecule has 0 aromatic rings. The van der Waals surface area contributed by atoms with Gasteiger partial charge in [-0.2, -0.15) is 0 Å². The van der Waals surface area contributed by atoms with Crippen LogP contribution in [0.3, 0.4) is 0 Å². The largest absolute Gasteiger partial charge is 0.396 e. The summed E-state index contributed by atoms with van der Waals surface area (Å²) in [6, 6.07) is 0.706. The fourth-order valence-corrected chi connectivity index (χ4v) is 4.41. The topological polar surface area (TPSA) is 32.3 Å². The Morgan fingerprint density at radius 3 is 2.50 bits per heavy atom. The van der Waals surface area contributed by atoms with E-state index in [2.05, 4.69) is 19.2 Å². The Bertz CT molecular complexity index is 271. The van der Waals surface area contributed by atoms with Crippen LogP contribution in [-0.4, -0.2) is 24.3 Å². The molecule has 0 saturated heterocycles. The van der Waals surface area contributed by atoms with Gasteiger partial charge < -0.3 is 10.4 Å². The van der Waals surface area contributed by atoms with E-state index in [-0.39, 0.29) is 5.41 Å². The zero-order chi connectivity index (χ0) is 14.4. The maximum Gasteiger partial charge on any atom is 0.0499 e. The van der Waals surface area contributed by atoms with E-state index in [1.165, 1.54) is 64.2 Å². The quantitative estimate of drug-likeness (QED) is 0.767. The molecular formula is C18H35NO. The van der Waals surface area contributed by atoms with Crippen LogP contribution in [0.4, 0.5) is 0 Å². The molecule has 2 rings (SSSR count). The lowest BCUT2D eigenvalue weighted by atomic mass is 9.74. The van der Waals surface area contributed by atoms with Crippen molar-refractivity contribution in [2.24, 2.45) is 17.3 Å². The van der Waals surface area contributed by atoms with Gasteiger partial charge in [0, 0.05) is 24.6 Å². The summed E-state index contributed by atoms with van der Waals surface area (Å²) in [7, 11) is 0. The first kappa shape index (κ1) is 16.3.